The minimum absolute atomic E-state index is 0. The van der Waals surface area contributed by atoms with Gasteiger partial charge in [0.1, 0.15) is 5.82 Å². The molecular weight excluding hydrogens is 469 g/mol. The highest BCUT2D eigenvalue weighted by Crippen LogP contribution is 2.20. The molecule has 2 N–H and O–H groups in total. The summed E-state index contributed by atoms with van der Waals surface area (Å²) < 4.78 is 5.33. The van der Waals surface area contributed by atoms with E-state index in [1.165, 1.54) is 32.4 Å². The fourth-order valence-corrected chi connectivity index (χ4v) is 3.96. The molecule has 8 nitrogen and oxygen atoms in total. The van der Waals surface area contributed by atoms with Crippen LogP contribution in [0.15, 0.2) is 27.8 Å². The number of hydrogen-bond acceptors (Lipinski definition) is 5. The Morgan fingerprint density at radius 1 is 1.36 bits per heavy atom. The van der Waals surface area contributed by atoms with Gasteiger partial charge in [0, 0.05) is 38.6 Å². The molecule has 0 aliphatic carbocycles. The number of aromatic amines is 1. The summed E-state index contributed by atoms with van der Waals surface area (Å²) in [6, 6.07) is 4.38. The van der Waals surface area contributed by atoms with Gasteiger partial charge in [-0.3, -0.25) is 15.0 Å². The van der Waals surface area contributed by atoms with E-state index in [4.69, 9.17) is 9.41 Å². The number of furan rings is 1. The van der Waals surface area contributed by atoms with Crippen LogP contribution < -0.4 is 5.32 Å². The molecule has 2 aromatic rings. The summed E-state index contributed by atoms with van der Waals surface area (Å²) in [5.41, 5.74) is 0. The highest BCUT2D eigenvalue weighted by atomic mass is 127. The summed E-state index contributed by atoms with van der Waals surface area (Å²) in [6.45, 7) is 8.37. The van der Waals surface area contributed by atoms with Crippen molar-refractivity contribution in [1.29, 1.82) is 0 Å². The van der Waals surface area contributed by atoms with Crippen molar-refractivity contribution in [2.45, 2.75) is 38.6 Å². The smallest absolute Gasteiger partial charge is 0.216 e. The van der Waals surface area contributed by atoms with E-state index < -0.39 is 0 Å². The lowest BCUT2D eigenvalue weighted by atomic mass is 10.2. The predicted molar refractivity (Wildman–Crippen MR) is 120 cm³/mol. The Bertz CT molecular complexity index is 739. The number of rotatable bonds is 6. The predicted octanol–water partition coefficient (Wildman–Crippen LogP) is 2.36. The van der Waals surface area contributed by atoms with E-state index in [0.717, 1.165) is 37.8 Å². The first kappa shape index (κ1) is 21.1. The van der Waals surface area contributed by atoms with Crippen molar-refractivity contribution in [1.82, 2.24) is 30.3 Å². The second-order valence-electron chi connectivity index (χ2n) is 7.20. The molecule has 2 fully saturated rings. The highest BCUT2D eigenvalue weighted by Gasteiger charge is 2.30. The minimum Gasteiger partial charge on any atom is -0.461 e. The minimum atomic E-state index is 0. The van der Waals surface area contributed by atoms with Crippen LogP contribution in [0, 0.1) is 0 Å². The summed E-state index contributed by atoms with van der Waals surface area (Å²) >= 11 is 0. The van der Waals surface area contributed by atoms with Crippen molar-refractivity contribution >= 4 is 29.9 Å². The Kier molecular flexibility index (Phi) is 7.72. The average Bonchev–Trinajstić information content (AvgIpc) is 3.49. The molecule has 0 bridgehead atoms. The van der Waals surface area contributed by atoms with Gasteiger partial charge in [0.25, 0.3) is 0 Å². The Balaban J connectivity index is 0.00000225. The number of hydrogen-bond donors (Lipinski definition) is 2. The summed E-state index contributed by atoms with van der Waals surface area (Å²) in [6.07, 6.45) is 6.29. The topological polar surface area (TPSA) is 85.6 Å². The van der Waals surface area contributed by atoms with Crippen LogP contribution in [0.2, 0.25) is 0 Å². The van der Waals surface area contributed by atoms with E-state index in [9.17, 15) is 0 Å². The first-order chi connectivity index (χ1) is 13.3. The Morgan fingerprint density at radius 3 is 2.96 bits per heavy atom. The molecule has 0 saturated carbocycles. The third-order valence-electron chi connectivity index (χ3n) is 5.34. The summed E-state index contributed by atoms with van der Waals surface area (Å²) in [7, 11) is 0. The van der Waals surface area contributed by atoms with Crippen molar-refractivity contribution in [3.05, 3.63) is 24.2 Å². The van der Waals surface area contributed by atoms with Gasteiger partial charge in [0.05, 0.1) is 6.26 Å². The monoisotopic (exact) mass is 499 g/mol. The van der Waals surface area contributed by atoms with Crippen LogP contribution in [0.25, 0.3) is 11.6 Å². The first-order valence-corrected chi connectivity index (χ1v) is 10.1. The molecule has 28 heavy (non-hydrogen) atoms. The number of halogens is 1. The fraction of sp³-hybridized carbons (Fsp3) is 0.632. The number of nitrogens with zero attached hydrogens (tertiary/aromatic N) is 5. The van der Waals surface area contributed by atoms with Crippen LogP contribution in [-0.4, -0.2) is 76.3 Å². The van der Waals surface area contributed by atoms with Crippen molar-refractivity contribution in [2.75, 3.05) is 39.3 Å². The molecule has 0 radical (unpaired) electrons. The number of likely N-dealkylation sites (tertiary alicyclic amines) is 2. The molecule has 154 valence electrons. The number of guanidine groups is 1. The molecule has 0 spiro atoms. The quantitative estimate of drug-likeness (QED) is 0.361. The Labute approximate surface area is 183 Å². The second kappa shape index (κ2) is 10.2. The van der Waals surface area contributed by atoms with E-state index in [1.807, 2.05) is 12.1 Å². The zero-order valence-electron chi connectivity index (χ0n) is 16.4. The summed E-state index contributed by atoms with van der Waals surface area (Å²) in [4.78, 5) is 14.4. The van der Waals surface area contributed by atoms with Gasteiger partial charge in [-0.1, -0.05) is 0 Å². The number of aromatic nitrogens is 3. The van der Waals surface area contributed by atoms with Gasteiger partial charge < -0.3 is 14.6 Å². The van der Waals surface area contributed by atoms with Gasteiger partial charge in [-0.2, -0.15) is 5.10 Å². The van der Waals surface area contributed by atoms with Gasteiger partial charge in [-0.05, 0) is 51.4 Å². The summed E-state index contributed by atoms with van der Waals surface area (Å²) in [5, 5.41) is 10.6. The van der Waals surface area contributed by atoms with Gasteiger partial charge in [-0.25, -0.2) is 4.98 Å². The molecule has 0 amide bonds. The van der Waals surface area contributed by atoms with Gasteiger partial charge >= 0.3 is 0 Å². The largest absolute Gasteiger partial charge is 0.461 e. The van der Waals surface area contributed by atoms with Gasteiger partial charge in [0.15, 0.2) is 11.7 Å². The van der Waals surface area contributed by atoms with Crippen molar-refractivity contribution in [2.24, 2.45) is 4.99 Å². The van der Waals surface area contributed by atoms with Crippen molar-refractivity contribution in [3.8, 4) is 11.6 Å². The molecule has 2 aromatic heterocycles. The van der Waals surface area contributed by atoms with Crippen LogP contribution in [0.5, 0.6) is 0 Å². The fourth-order valence-electron chi connectivity index (χ4n) is 3.96. The molecule has 1 atom stereocenters. The number of nitrogens with one attached hydrogen (secondary N) is 2. The van der Waals surface area contributed by atoms with E-state index in [1.54, 1.807) is 6.26 Å². The lowest BCUT2D eigenvalue weighted by Crippen LogP contribution is -2.42. The third kappa shape index (κ3) is 5.05. The first-order valence-electron chi connectivity index (χ1n) is 10.1. The molecular formula is C19H30IN7O. The maximum Gasteiger partial charge on any atom is 0.216 e. The van der Waals surface area contributed by atoms with E-state index in [-0.39, 0.29) is 24.0 Å². The van der Waals surface area contributed by atoms with Crippen LogP contribution >= 0.6 is 24.0 Å². The second-order valence-corrected chi connectivity index (χ2v) is 7.20. The molecule has 1 unspecified atom stereocenters. The molecule has 2 aliphatic rings. The summed E-state index contributed by atoms with van der Waals surface area (Å²) in [5.74, 6) is 3.13. The molecule has 4 heterocycles. The van der Waals surface area contributed by atoms with Crippen molar-refractivity contribution < 1.29 is 4.42 Å². The van der Waals surface area contributed by atoms with Crippen LogP contribution in [0.4, 0.5) is 0 Å². The normalized spacial score (nSPS) is 20.5. The molecule has 2 aliphatic heterocycles. The number of H-pyrrole nitrogens is 1. The zero-order valence-corrected chi connectivity index (χ0v) is 18.8. The van der Waals surface area contributed by atoms with Crippen LogP contribution in [0.3, 0.4) is 0 Å². The maximum atomic E-state index is 5.33. The standard InChI is InChI=1S/C19H29N7O.HI/c1-2-20-19(26-12-8-15(14-26)25-10-3-4-11-25)21-9-7-17-22-18(24-23-17)16-6-5-13-27-16;/h5-6,13,15H,2-4,7-12,14H2,1H3,(H,20,21)(H,22,23,24);1H. The van der Waals surface area contributed by atoms with Crippen LogP contribution in [-0.2, 0) is 6.42 Å². The third-order valence-corrected chi connectivity index (χ3v) is 5.34. The van der Waals surface area contributed by atoms with E-state index >= 15 is 0 Å². The van der Waals surface area contributed by atoms with E-state index in [2.05, 4.69) is 37.2 Å². The molecule has 4 rings (SSSR count). The maximum absolute atomic E-state index is 5.33. The SMILES string of the molecule is CCNC(=NCCc1nc(-c2ccco2)n[nH]1)N1CCC(N2CCCC2)C1.I. The average molecular weight is 499 g/mol. The lowest BCUT2D eigenvalue weighted by Gasteiger charge is -2.25. The van der Waals surface area contributed by atoms with E-state index in [0.29, 0.717) is 24.2 Å². The Morgan fingerprint density at radius 2 is 2.21 bits per heavy atom. The van der Waals surface area contributed by atoms with Gasteiger partial charge in [0.2, 0.25) is 5.82 Å². The lowest BCUT2D eigenvalue weighted by molar-refractivity contribution is 0.249. The zero-order chi connectivity index (χ0) is 18.5. The molecule has 0 aromatic carbocycles. The number of aliphatic imine (C=N–C) groups is 1. The van der Waals surface area contributed by atoms with Crippen molar-refractivity contribution in [3.63, 3.8) is 0 Å². The molecule has 2 saturated heterocycles. The molecule has 9 heteroatoms. The van der Waals surface area contributed by atoms with Gasteiger partial charge in [-0.15, -0.1) is 24.0 Å². The Hall–Kier alpha value is -1.62. The van der Waals surface area contributed by atoms with Crippen LogP contribution in [0.1, 0.15) is 32.0 Å². The highest BCUT2D eigenvalue weighted by molar-refractivity contribution is 14.0.